The predicted octanol–water partition coefficient (Wildman–Crippen LogP) is 4.59. The summed E-state index contributed by atoms with van der Waals surface area (Å²) in [5, 5.41) is 13.7. The number of aliphatic hydroxyl groups is 1. The van der Waals surface area contributed by atoms with Crippen molar-refractivity contribution in [3.8, 4) is 5.75 Å². The van der Waals surface area contributed by atoms with Crippen molar-refractivity contribution in [2.75, 3.05) is 13.2 Å². The van der Waals surface area contributed by atoms with Crippen molar-refractivity contribution in [2.45, 2.75) is 6.10 Å². The number of ether oxygens (including phenoxy) is 2. The van der Waals surface area contributed by atoms with Gasteiger partial charge < -0.3 is 14.6 Å². The van der Waals surface area contributed by atoms with Crippen LogP contribution in [0.5, 0.6) is 5.75 Å². The van der Waals surface area contributed by atoms with Gasteiger partial charge >= 0.3 is 5.97 Å². The van der Waals surface area contributed by atoms with E-state index in [9.17, 15) is 9.90 Å². The van der Waals surface area contributed by atoms with Crippen LogP contribution in [-0.2, 0) is 4.74 Å². The van der Waals surface area contributed by atoms with Crippen LogP contribution in [0.4, 0.5) is 0 Å². The second-order valence-electron chi connectivity index (χ2n) is 6.57. The van der Waals surface area contributed by atoms with Gasteiger partial charge in [-0.1, -0.05) is 66.7 Å². The van der Waals surface area contributed by atoms with Gasteiger partial charge in [-0.15, -0.1) is 0 Å². The lowest BCUT2D eigenvalue weighted by atomic mass is 9.97. The van der Waals surface area contributed by atoms with Crippen LogP contribution < -0.4 is 4.74 Å². The third-order valence-corrected chi connectivity index (χ3v) is 4.57. The van der Waals surface area contributed by atoms with Gasteiger partial charge in [0.25, 0.3) is 0 Å². The molecule has 4 nitrogen and oxygen atoms in total. The molecule has 0 aliphatic rings. The monoisotopic (exact) mass is 372 g/mol. The van der Waals surface area contributed by atoms with Crippen LogP contribution in [0.3, 0.4) is 0 Å². The van der Waals surface area contributed by atoms with E-state index < -0.39 is 12.1 Å². The van der Waals surface area contributed by atoms with Gasteiger partial charge in [0.05, 0.1) is 5.56 Å². The highest BCUT2D eigenvalue weighted by Gasteiger charge is 2.18. The number of esters is 1. The molecule has 0 saturated carbocycles. The summed E-state index contributed by atoms with van der Waals surface area (Å²) >= 11 is 0. The van der Waals surface area contributed by atoms with Crippen LogP contribution >= 0.6 is 0 Å². The highest BCUT2D eigenvalue weighted by atomic mass is 16.5. The summed E-state index contributed by atoms with van der Waals surface area (Å²) in [5.74, 6) is 0.208. The first-order valence-electron chi connectivity index (χ1n) is 9.16. The lowest BCUT2D eigenvalue weighted by Crippen LogP contribution is -2.25. The first-order chi connectivity index (χ1) is 13.7. The lowest BCUT2D eigenvalue weighted by Gasteiger charge is -2.15. The number of aliphatic hydroxyl groups excluding tert-OH is 1. The topological polar surface area (TPSA) is 55.8 Å². The highest BCUT2D eigenvalue weighted by molar-refractivity contribution is 6.16. The largest absolute Gasteiger partial charge is 0.491 e. The van der Waals surface area contributed by atoms with E-state index in [1.165, 1.54) is 0 Å². The van der Waals surface area contributed by atoms with Crippen LogP contribution in [0.2, 0.25) is 0 Å². The molecule has 0 amide bonds. The van der Waals surface area contributed by atoms with Crippen molar-refractivity contribution in [1.29, 1.82) is 0 Å². The molecule has 4 heteroatoms. The standard InChI is InChI=1S/C24H20O4/c25-19(15-27-20-10-2-1-3-11-20)16-28-24(26)23-21-12-6-4-8-17(21)14-18-9-5-7-13-22(18)23/h1-14,19,25H,15-16H2. The first-order valence-corrected chi connectivity index (χ1v) is 9.16. The Balaban J connectivity index is 1.52. The minimum atomic E-state index is -0.912. The van der Waals surface area contributed by atoms with E-state index in [0.29, 0.717) is 11.3 Å². The third-order valence-electron chi connectivity index (χ3n) is 4.57. The van der Waals surface area contributed by atoms with E-state index in [0.717, 1.165) is 21.5 Å². The van der Waals surface area contributed by atoms with Crippen molar-refractivity contribution in [2.24, 2.45) is 0 Å². The van der Waals surface area contributed by atoms with Crippen molar-refractivity contribution >= 4 is 27.5 Å². The summed E-state index contributed by atoms with van der Waals surface area (Å²) in [4.78, 5) is 12.9. The molecule has 0 bridgehead atoms. The van der Waals surface area contributed by atoms with E-state index >= 15 is 0 Å². The summed E-state index contributed by atoms with van der Waals surface area (Å²) in [6.45, 7) is -0.0865. The molecule has 0 aliphatic heterocycles. The first kappa shape index (κ1) is 18.0. The molecule has 0 aromatic heterocycles. The molecule has 28 heavy (non-hydrogen) atoms. The van der Waals surface area contributed by atoms with Gasteiger partial charge in [0.2, 0.25) is 0 Å². The van der Waals surface area contributed by atoms with Gasteiger partial charge in [-0.3, -0.25) is 0 Å². The number of benzene rings is 4. The Bertz CT molecular complexity index is 1050. The van der Waals surface area contributed by atoms with Crippen molar-refractivity contribution in [3.05, 3.63) is 90.5 Å². The molecule has 0 fully saturated rings. The van der Waals surface area contributed by atoms with Crippen LogP contribution in [0.25, 0.3) is 21.5 Å². The summed E-state index contributed by atoms with van der Waals surface area (Å²) in [6, 6.07) is 26.7. The van der Waals surface area contributed by atoms with Crippen LogP contribution in [0, 0.1) is 0 Å². The summed E-state index contributed by atoms with van der Waals surface area (Å²) in [5.41, 5.74) is 0.518. The highest BCUT2D eigenvalue weighted by Crippen LogP contribution is 2.29. The Morgan fingerprint density at radius 2 is 1.36 bits per heavy atom. The number of hydrogen-bond donors (Lipinski definition) is 1. The molecular formula is C24H20O4. The fraction of sp³-hybridized carbons (Fsp3) is 0.125. The maximum atomic E-state index is 12.9. The molecule has 4 rings (SSSR count). The van der Waals surface area contributed by atoms with Crippen molar-refractivity contribution in [1.82, 2.24) is 0 Å². The van der Waals surface area contributed by atoms with E-state index in [2.05, 4.69) is 6.07 Å². The fourth-order valence-corrected chi connectivity index (χ4v) is 3.23. The second kappa shape index (κ2) is 8.11. The van der Waals surface area contributed by atoms with Crippen molar-refractivity contribution in [3.63, 3.8) is 0 Å². The molecule has 0 radical (unpaired) electrons. The van der Waals surface area contributed by atoms with Gasteiger partial charge in [-0.05, 0) is 39.7 Å². The number of carbonyl (C=O) groups is 1. The molecule has 1 N–H and O–H groups in total. The maximum Gasteiger partial charge on any atom is 0.339 e. The molecule has 0 heterocycles. The van der Waals surface area contributed by atoms with Crippen LogP contribution in [0.1, 0.15) is 10.4 Å². The minimum absolute atomic E-state index is 0.0492. The normalized spacial score (nSPS) is 12.0. The molecule has 0 aliphatic carbocycles. The molecule has 0 spiro atoms. The van der Waals surface area contributed by atoms with E-state index in [-0.39, 0.29) is 13.2 Å². The van der Waals surface area contributed by atoms with E-state index in [4.69, 9.17) is 9.47 Å². The number of hydrogen-bond acceptors (Lipinski definition) is 4. The van der Waals surface area contributed by atoms with Gasteiger partial charge in [0.15, 0.2) is 0 Å². The molecular weight excluding hydrogens is 352 g/mol. The number of para-hydroxylation sites is 1. The third kappa shape index (κ3) is 3.82. The lowest BCUT2D eigenvalue weighted by molar-refractivity contribution is 0.0133. The average molecular weight is 372 g/mol. The summed E-state index contributed by atoms with van der Waals surface area (Å²) < 4.78 is 10.9. The smallest absolute Gasteiger partial charge is 0.339 e. The maximum absolute atomic E-state index is 12.9. The minimum Gasteiger partial charge on any atom is -0.491 e. The van der Waals surface area contributed by atoms with E-state index in [1.54, 1.807) is 12.1 Å². The fourth-order valence-electron chi connectivity index (χ4n) is 3.23. The Hall–Kier alpha value is -3.37. The zero-order valence-corrected chi connectivity index (χ0v) is 15.2. The van der Waals surface area contributed by atoms with Crippen molar-refractivity contribution < 1.29 is 19.4 Å². The van der Waals surface area contributed by atoms with Crippen LogP contribution in [-0.4, -0.2) is 30.4 Å². The van der Waals surface area contributed by atoms with Gasteiger partial charge in [0, 0.05) is 0 Å². The Morgan fingerprint density at radius 1 is 0.786 bits per heavy atom. The zero-order valence-electron chi connectivity index (χ0n) is 15.2. The van der Waals surface area contributed by atoms with Gasteiger partial charge in [-0.2, -0.15) is 0 Å². The second-order valence-corrected chi connectivity index (χ2v) is 6.57. The Kier molecular flexibility index (Phi) is 5.22. The molecule has 1 unspecified atom stereocenters. The predicted molar refractivity (Wildman–Crippen MR) is 110 cm³/mol. The Morgan fingerprint density at radius 3 is 2.00 bits per heavy atom. The Labute approximate surface area is 162 Å². The molecule has 1 atom stereocenters. The van der Waals surface area contributed by atoms with Crippen LogP contribution in [0.15, 0.2) is 84.9 Å². The SMILES string of the molecule is O=C(OCC(O)COc1ccccc1)c1c2ccccc2cc2ccccc12. The molecule has 4 aromatic carbocycles. The molecule has 0 saturated heterocycles. The number of carbonyl (C=O) groups excluding carboxylic acids is 1. The zero-order chi connectivity index (χ0) is 19.3. The summed E-state index contributed by atoms with van der Waals surface area (Å²) in [6.07, 6.45) is -0.912. The molecule has 4 aromatic rings. The number of rotatable bonds is 6. The average Bonchev–Trinajstić information content (AvgIpc) is 2.75. The number of fused-ring (bicyclic) bond motifs is 2. The van der Waals surface area contributed by atoms with Gasteiger partial charge in [-0.25, -0.2) is 4.79 Å². The van der Waals surface area contributed by atoms with Gasteiger partial charge in [0.1, 0.15) is 25.1 Å². The quantitative estimate of drug-likeness (QED) is 0.397. The molecule has 140 valence electrons. The van der Waals surface area contributed by atoms with E-state index in [1.807, 2.05) is 66.7 Å². The summed E-state index contributed by atoms with van der Waals surface area (Å²) in [7, 11) is 0.